The first-order valence-corrected chi connectivity index (χ1v) is 3.48. The first-order chi connectivity index (χ1) is 3.73. The summed E-state index contributed by atoms with van der Waals surface area (Å²) in [4.78, 5) is 0. The van der Waals surface area contributed by atoms with E-state index in [9.17, 15) is 0 Å². The van der Waals surface area contributed by atoms with Gasteiger partial charge in [-0.1, -0.05) is 6.92 Å². The van der Waals surface area contributed by atoms with Crippen LogP contribution >= 0.6 is 0 Å². The lowest BCUT2D eigenvalue weighted by Crippen LogP contribution is -2.28. The highest BCUT2D eigenvalue weighted by atomic mass is 14.8. The Morgan fingerprint density at radius 3 is 2.00 bits per heavy atom. The number of hydrogen-bond acceptors (Lipinski definition) is 1. The van der Waals surface area contributed by atoms with Gasteiger partial charge < -0.3 is 5.73 Å². The lowest BCUT2D eigenvalue weighted by molar-refractivity contribution is 0.179. The third kappa shape index (κ3) is 0.408. The summed E-state index contributed by atoms with van der Waals surface area (Å²) in [5, 5.41) is 0. The van der Waals surface area contributed by atoms with Crippen molar-refractivity contribution in [3.8, 4) is 0 Å². The number of rotatable bonds is 0. The van der Waals surface area contributed by atoms with Crippen molar-refractivity contribution in [3.05, 3.63) is 0 Å². The fourth-order valence-electron chi connectivity index (χ4n) is 2.18. The number of hydrogen-bond donors (Lipinski definition) is 1. The second kappa shape index (κ2) is 1.10. The highest BCUT2D eigenvalue weighted by Crippen LogP contribution is 2.61. The average Bonchev–Trinajstić information content (AvgIpc) is 2.13. The summed E-state index contributed by atoms with van der Waals surface area (Å²) < 4.78 is 0. The van der Waals surface area contributed by atoms with Crippen LogP contribution in [0.1, 0.15) is 26.2 Å². The second-order valence-corrected chi connectivity index (χ2v) is 3.69. The van der Waals surface area contributed by atoms with Crippen LogP contribution in [0.4, 0.5) is 0 Å². The van der Waals surface area contributed by atoms with Gasteiger partial charge in [0.1, 0.15) is 0 Å². The Labute approximate surface area is 50.3 Å². The van der Waals surface area contributed by atoms with Crippen molar-refractivity contribution in [1.29, 1.82) is 0 Å². The van der Waals surface area contributed by atoms with E-state index in [0.717, 1.165) is 5.92 Å². The van der Waals surface area contributed by atoms with E-state index in [2.05, 4.69) is 6.92 Å². The fraction of sp³-hybridized carbons (Fsp3) is 1.00. The molecule has 0 radical (unpaired) electrons. The van der Waals surface area contributed by atoms with Crippen LogP contribution in [0.5, 0.6) is 0 Å². The zero-order chi connectivity index (χ0) is 5.78. The van der Waals surface area contributed by atoms with E-state index >= 15 is 0 Å². The van der Waals surface area contributed by atoms with Gasteiger partial charge in [-0.25, -0.2) is 0 Å². The summed E-state index contributed by atoms with van der Waals surface area (Å²) in [6.45, 7) is 2.32. The molecule has 2 N–H and O–H groups in total. The Morgan fingerprint density at radius 1 is 1.38 bits per heavy atom. The summed E-state index contributed by atoms with van der Waals surface area (Å²) in [5.74, 6) is 0.976. The van der Waals surface area contributed by atoms with Crippen molar-refractivity contribution in [2.24, 2.45) is 17.1 Å². The van der Waals surface area contributed by atoms with E-state index < -0.39 is 0 Å². The molecule has 1 heteroatoms. The molecular weight excluding hydrogens is 98.1 g/mol. The highest BCUT2D eigenvalue weighted by Gasteiger charge is 2.58. The molecule has 1 nitrogen and oxygen atoms in total. The predicted molar refractivity (Wildman–Crippen MR) is 33.4 cm³/mol. The van der Waals surface area contributed by atoms with Crippen molar-refractivity contribution in [2.75, 3.05) is 0 Å². The van der Waals surface area contributed by atoms with E-state index in [1.54, 1.807) is 0 Å². The van der Waals surface area contributed by atoms with E-state index in [1.807, 2.05) is 0 Å². The van der Waals surface area contributed by atoms with Gasteiger partial charge in [0.2, 0.25) is 0 Å². The Morgan fingerprint density at radius 2 is 1.88 bits per heavy atom. The quantitative estimate of drug-likeness (QED) is 0.498. The van der Waals surface area contributed by atoms with Crippen molar-refractivity contribution in [2.45, 2.75) is 32.2 Å². The standard InChI is InChI=1S/C7H13N/c1-5-2-7(3-5)4-6(7)8/h5-6H,2-4,8H2,1H3. The maximum Gasteiger partial charge on any atom is 0.0102 e. The van der Waals surface area contributed by atoms with Crippen molar-refractivity contribution in [3.63, 3.8) is 0 Å². The van der Waals surface area contributed by atoms with Gasteiger partial charge in [-0.3, -0.25) is 0 Å². The normalized spacial score (nSPS) is 60.8. The fourth-order valence-corrected chi connectivity index (χ4v) is 2.18. The molecule has 1 spiro atoms. The van der Waals surface area contributed by atoms with E-state index in [4.69, 9.17) is 5.73 Å². The van der Waals surface area contributed by atoms with E-state index in [0.29, 0.717) is 11.5 Å². The van der Waals surface area contributed by atoms with E-state index in [-0.39, 0.29) is 0 Å². The van der Waals surface area contributed by atoms with Gasteiger partial charge in [0.15, 0.2) is 0 Å². The minimum atomic E-state index is 0.582. The summed E-state index contributed by atoms with van der Waals surface area (Å²) in [6.07, 6.45) is 4.14. The molecule has 0 aromatic carbocycles. The summed E-state index contributed by atoms with van der Waals surface area (Å²) >= 11 is 0. The average molecular weight is 111 g/mol. The Hall–Kier alpha value is -0.0400. The first-order valence-electron chi connectivity index (χ1n) is 3.48. The topological polar surface area (TPSA) is 26.0 Å². The van der Waals surface area contributed by atoms with Crippen molar-refractivity contribution < 1.29 is 0 Å². The third-order valence-electron chi connectivity index (χ3n) is 2.76. The summed E-state index contributed by atoms with van der Waals surface area (Å²) in [7, 11) is 0. The van der Waals surface area contributed by atoms with Gasteiger partial charge in [0.25, 0.3) is 0 Å². The summed E-state index contributed by atoms with van der Waals surface area (Å²) in [5.41, 5.74) is 6.40. The molecule has 0 aliphatic heterocycles. The zero-order valence-electron chi connectivity index (χ0n) is 5.35. The molecule has 0 bridgehead atoms. The van der Waals surface area contributed by atoms with Gasteiger partial charge >= 0.3 is 0 Å². The van der Waals surface area contributed by atoms with Gasteiger partial charge in [-0.2, -0.15) is 0 Å². The van der Waals surface area contributed by atoms with E-state index in [1.165, 1.54) is 19.3 Å². The summed E-state index contributed by atoms with van der Waals surface area (Å²) in [6, 6.07) is 0.582. The van der Waals surface area contributed by atoms with Crippen LogP contribution in [0.15, 0.2) is 0 Å². The molecule has 2 saturated carbocycles. The van der Waals surface area contributed by atoms with Crippen molar-refractivity contribution in [1.82, 2.24) is 0 Å². The Bertz CT molecular complexity index is 114. The first kappa shape index (κ1) is 4.80. The molecule has 0 saturated heterocycles. The largest absolute Gasteiger partial charge is 0.327 e. The molecule has 8 heavy (non-hydrogen) atoms. The molecule has 2 aliphatic rings. The molecule has 46 valence electrons. The minimum absolute atomic E-state index is 0.582. The molecule has 2 rings (SSSR count). The van der Waals surface area contributed by atoms with Gasteiger partial charge in [0, 0.05) is 6.04 Å². The van der Waals surface area contributed by atoms with Crippen LogP contribution in [-0.2, 0) is 0 Å². The number of nitrogens with two attached hydrogens (primary N) is 1. The molecule has 1 unspecified atom stereocenters. The van der Waals surface area contributed by atoms with Gasteiger partial charge in [0.05, 0.1) is 0 Å². The second-order valence-electron chi connectivity index (χ2n) is 3.69. The molecule has 0 heterocycles. The Kier molecular flexibility index (Phi) is 0.663. The third-order valence-corrected chi connectivity index (χ3v) is 2.76. The molecular formula is C7H13N. The minimum Gasteiger partial charge on any atom is -0.327 e. The van der Waals surface area contributed by atoms with Crippen LogP contribution < -0.4 is 5.73 Å². The smallest absolute Gasteiger partial charge is 0.0102 e. The monoisotopic (exact) mass is 111 g/mol. The highest BCUT2D eigenvalue weighted by molar-refractivity contribution is 5.12. The van der Waals surface area contributed by atoms with Gasteiger partial charge in [-0.15, -0.1) is 0 Å². The van der Waals surface area contributed by atoms with Crippen LogP contribution in [-0.4, -0.2) is 6.04 Å². The van der Waals surface area contributed by atoms with Crippen LogP contribution in [0.3, 0.4) is 0 Å². The zero-order valence-corrected chi connectivity index (χ0v) is 5.35. The lowest BCUT2D eigenvalue weighted by atomic mass is 9.72. The van der Waals surface area contributed by atoms with Gasteiger partial charge in [-0.05, 0) is 30.6 Å². The molecule has 1 atom stereocenters. The predicted octanol–water partition coefficient (Wildman–Crippen LogP) is 1.13. The van der Waals surface area contributed by atoms with Crippen LogP contribution in [0.25, 0.3) is 0 Å². The maximum absolute atomic E-state index is 5.72. The van der Waals surface area contributed by atoms with Crippen LogP contribution in [0.2, 0.25) is 0 Å². The molecule has 2 aliphatic carbocycles. The molecule has 0 aromatic heterocycles. The molecule has 0 aromatic rings. The molecule has 0 amide bonds. The maximum atomic E-state index is 5.72. The van der Waals surface area contributed by atoms with Crippen molar-refractivity contribution >= 4 is 0 Å². The molecule has 2 fully saturated rings. The van der Waals surface area contributed by atoms with Crippen LogP contribution in [0, 0.1) is 11.3 Å². The lowest BCUT2D eigenvalue weighted by Gasteiger charge is -2.33. The SMILES string of the molecule is CC1CC2(C1)CC2N. The Balaban J connectivity index is 1.96.